The zero-order valence-corrected chi connectivity index (χ0v) is 19.7. The number of thioether (sulfide) groups is 1. The summed E-state index contributed by atoms with van der Waals surface area (Å²) in [4.78, 5) is 13.9. The molecule has 4 rings (SSSR count). The number of hydrogen-bond donors (Lipinski definition) is 2. The average Bonchev–Trinajstić information content (AvgIpc) is 2.75. The number of benzene rings is 2. The van der Waals surface area contributed by atoms with Crippen molar-refractivity contribution in [2.45, 2.75) is 37.3 Å². The van der Waals surface area contributed by atoms with E-state index < -0.39 is 0 Å². The van der Waals surface area contributed by atoms with Crippen LogP contribution >= 0.6 is 36.6 Å². The molecule has 1 amide bonds. The molecule has 0 radical (unpaired) electrons. The number of nitrogens with one attached hydrogen (secondary N) is 2. The number of hydrogen-bond acceptors (Lipinski definition) is 5. The lowest BCUT2D eigenvalue weighted by molar-refractivity contribution is 0.175. The molecule has 2 aliphatic rings. The Balaban J connectivity index is 0.00000160. The fourth-order valence-corrected chi connectivity index (χ4v) is 4.76. The van der Waals surface area contributed by atoms with E-state index >= 15 is 0 Å². The van der Waals surface area contributed by atoms with Crippen molar-refractivity contribution >= 4 is 53.2 Å². The van der Waals surface area contributed by atoms with Gasteiger partial charge in [0.2, 0.25) is 0 Å². The van der Waals surface area contributed by atoms with Crippen LogP contribution in [0.5, 0.6) is 0 Å². The first-order chi connectivity index (χ1) is 13.7. The van der Waals surface area contributed by atoms with E-state index in [2.05, 4.69) is 53.1 Å². The maximum absolute atomic E-state index is 12.2. The van der Waals surface area contributed by atoms with Gasteiger partial charge in [-0.25, -0.2) is 0 Å². The number of nitrogens with zero attached hydrogens (tertiary/aromatic N) is 1. The van der Waals surface area contributed by atoms with Crippen LogP contribution in [0.15, 0.2) is 42.5 Å². The average molecular weight is 470 g/mol. The molecule has 2 heterocycles. The van der Waals surface area contributed by atoms with Crippen LogP contribution in [0.1, 0.15) is 47.4 Å². The van der Waals surface area contributed by atoms with Crippen LogP contribution in [0.4, 0.5) is 16.2 Å². The van der Waals surface area contributed by atoms with Crippen molar-refractivity contribution in [3.8, 4) is 0 Å². The van der Waals surface area contributed by atoms with Gasteiger partial charge in [-0.15, -0.1) is 24.8 Å². The number of methoxy groups -OCH3 is 1. The van der Waals surface area contributed by atoms with Crippen molar-refractivity contribution in [3.05, 3.63) is 59.2 Å². The van der Waals surface area contributed by atoms with E-state index in [9.17, 15) is 4.79 Å². The van der Waals surface area contributed by atoms with Crippen molar-refractivity contribution in [1.29, 1.82) is 0 Å². The molecule has 2 aromatic rings. The minimum atomic E-state index is -0.236. The van der Waals surface area contributed by atoms with Gasteiger partial charge in [0.05, 0.1) is 5.69 Å². The summed E-state index contributed by atoms with van der Waals surface area (Å²) >= 11 is 1.21. The third-order valence-corrected chi connectivity index (χ3v) is 6.64. The van der Waals surface area contributed by atoms with E-state index in [1.165, 1.54) is 36.6 Å². The van der Waals surface area contributed by atoms with Gasteiger partial charge in [0.25, 0.3) is 5.24 Å². The monoisotopic (exact) mass is 469 g/mol. The van der Waals surface area contributed by atoms with Crippen LogP contribution in [0.2, 0.25) is 0 Å². The van der Waals surface area contributed by atoms with E-state index in [1.54, 1.807) is 12.0 Å². The fourth-order valence-electron chi connectivity index (χ4n) is 3.90. The molecule has 5 nitrogen and oxygen atoms in total. The van der Waals surface area contributed by atoms with Crippen LogP contribution in [-0.2, 0) is 11.3 Å². The summed E-state index contributed by atoms with van der Waals surface area (Å²) in [6.07, 6.45) is 3.76. The lowest BCUT2D eigenvalue weighted by atomic mass is 9.97. The van der Waals surface area contributed by atoms with Crippen LogP contribution in [0, 0.1) is 0 Å². The zero-order chi connectivity index (χ0) is 19.5. The van der Waals surface area contributed by atoms with Crippen molar-refractivity contribution in [2.75, 3.05) is 30.9 Å². The highest BCUT2D eigenvalue weighted by molar-refractivity contribution is 8.14. The molecule has 2 N–H and O–H groups in total. The highest BCUT2D eigenvalue weighted by atomic mass is 35.5. The van der Waals surface area contributed by atoms with Crippen LogP contribution in [-0.4, -0.2) is 25.9 Å². The Morgan fingerprint density at radius 1 is 1.20 bits per heavy atom. The number of piperidine rings is 1. The number of carbonyl (C=O) groups is 1. The standard InChI is InChI=1S/C22H27N3O2S.2ClH/c1-25-20-12-15(9-10-18(20)21(27-2)28-22(25)26)14-24-17-7-5-6-16(13-17)19-8-3-4-11-23-19;;/h5-7,9-10,12-13,19,21,23-24H,3-4,8,11,14H2,1-2H3;2*1H/t19-,21?;;/m0../s1. The van der Waals surface area contributed by atoms with Gasteiger partial charge in [-0.1, -0.05) is 30.7 Å². The molecular formula is C22H29Cl2N3O2S. The second-order valence-corrected chi connectivity index (χ2v) is 8.40. The Morgan fingerprint density at radius 3 is 2.77 bits per heavy atom. The molecular weight excluding hydrogens is 441 g/mol. The smallest absolute Gasteiger partial charge is 0.288 e. The summed E-state index contributed by atoms with van der Waals surface area (Å²) in [7, 11) is 3.46. The Kier molecular flexibility index (Phi) is 9.31. The maximum Gasteiger partial charge on any atom is 0.288 e. The first-order valence-corrected chi connectivity index (χ1v) is 10.7. The highest BCUT2D eigenvalue weighted by Gasteiger charge is 2.30. The number of ether oxygens (including phenoxy) is 1. The molecule has 2 atom stereocenters. The number of anilines is 2. The Labute approximate surface area is 195 Å². The molecule has 1 unspecified atom stereocenters. The van der Waals surface area contributed by atoms with Crippen molar-refractivity contribution < 1.29 is 9.53 Å². The van der Waals surface area contributed by atoms with Gasteiger partial charge < -0.3 is 20.3 Å². The first kappa shape index (κ1) is 24.8. The molecule has 30 heavy (non-hydrogen) atoms. The molecule has 1 saturated heterocycles. The van der Waals surface area contributed by atoms with Crippen LogP contribution < -0.4 is 15.5 Å². The predicted molar refractivity (Wildman–Crippen MR) is 130 cm³/mol. The van der Waals surface area contributed by atoms with Crippen molar-refractivity contribution in [2.24, 2.45) is 0 Å². The van der Waals surface area contributed by atoms with Crippen LogP contribution in [0.3, 0.4) is 0 Å². The Bertz CT molecular complexity index is 862. The molecule has 0 aromatic heterocycles. The van der Waals surface area contributed by atoms with Crippen molar-refractivity contribution in [1.82, 2.24) is 5.32 Å². The predicted octanol–water partition coefficient (Wildman–Crippen LogP) is 5.90. The minimum absolute atomic E-state index is 0. The number of rotatable bonds is 5. The van der Waals surface area contributed by atoms with E-state index in [0.29, 0.717) is 12.6 Å². The summed E-state index contributed by atoms with van der Waals surface area (Å²) in [6, 6.07) is 15.4. The van der Waals surface area contributed by atoms with Gasteiger partial charge in [-0.3, -0.25) is 4.79 Å². The van der Waals surface area contributed by atoms with Gasteiger partial charge in [0.15, 0.2) is 0 Å². The Morgan fingerprint density at radius 2 is 2.03 bits per heavy atom. The van der Waals surface area contributed by atoms with E-state index in [1.807, 2.05) is 7.05 Å². The third-order valence-electron chi connectivity index (χ3n) is 5.50. The molecule has 1 fully saturated rings. The highest BCUT2D eigenvalue weighted by Crippen LogP contribution is 2.42. The number of amides is 1. The first-order valence-electron chi connectivity index (χ1n) is 9.83. The SMILES string of the molecule is COC1SC(=O)N(C)c2cc(CNc3cccc([C@@H]4CCCCN4)c3)ccc21.Cl.Cl. The molecule has 2 aromatic carbocycles. The summed E-state index contributed by atoms with van der Waals surface area (Å²) in [5, 5.41) is 7.15. The van der Waals surface area contributed by atoms with Crippen LogP contribution in [0.25, 0.3) is 0 Å². The number of halogens is 2. The number of carbonyl (C=O) groups excluding carboxylic acids is 1. The summed E-state index contributed by atoms with van der Waals surface area (Å²) in [5.74, 6) is 0. The van der Waals surface area contributed by atoms with Gasteiger partial charge in [0.1, 0.15) is 5.44 Å². The number of fused-ring (bicyclic) bond motifs is 1. The zero-order valence-electron chi connectivity index (χ0n) is 17.2. The molecule has 0 saturated carbocycles. The molecule has 2 aliphatic heterocycles. The Hall–Kier alpha value is -1.44. The molecule has 164 valence electrons. The molecule has 8 heteroatoms. The topological polar surface area (TPSA) is 53.6 Å². The normalized spacial score (nSPS) is 20.6. The lowest BCUT2D eigenvalue weighted by Gasteiger charge is -2.30. The van der Waals surface area contributed by atoms with Gasteiger partial charge in [-0.05, 0) is 60.5 Å². The third kappa shape index (κ3) is 5.42. The minimum Gasteiger partial charge on any atom is -0.381 e. The second kappa shape index (κ2) is 11.3. The maximum atomic E-state index is 12.2. The largest absolute Gasteiger partial charge is 0.381 e. The summed E-state index contributed by atoms with van der Waals surface area (Å²) in [5.41, 5.74) is 5.35. The van der Waals surface area contributed by atoms with Gasteiger partial charge >= 0.3 is 0 Å². The summed E-state index contributed by atoms with van der Waals surface area (Å²) < 4.78 is 5.47. The lowest BCUT2D eigenvalue weighted by Crippen LogP contribution is -2.29. The quantitative estimate of drug-likeness (QED) is 0.570. The second-order valence-electron chi connectivity index (χ2n) is 7.39. The summed E-state index contributed by atoms with van der Waals surface area (Å²) in [6.45, 7) is 1.81. The van der Waals surface area contributed by atoms with Gasteiger partial charge in [0, 0.05) is 38.0 Å². The van der Waals surface area contributed by atoms with Gasteiger partial charge in [-0.2, -0.15) is 0 Å². The van der Waals surface area contributed by atoms with Crippen molar-refractivity contribution in [3.63, 3.8) is 0 Å². The fraction of sp³-hybridized carbons (Fsp3) is 0.409. The molecule has 0 bridgehead atoms. The molecule has 0 spiro atoms. The molecule has 0 aliphatic carbocycles. The van der Waals surface area contributed by atoms with E-state index in [4.69, 9.17) is 4.74 Å². The van der Waals surface area contributed by atoms with E-state index in [0.717, 1.165) is 29.0 Å². The van der Waals surface area contributed by atoms with E-state index in [-0.39, 0.29) is 35.5 Å².